The van der Waals surface area contributed by atoms with Gasteiger partial charge in [-0.1, -0.05) is 37.2 Å². The summed E-state index contributed by atoms with van der Waals surface area (Å²) in [6, 6.07) is 10.2. The predicted octanol–water partition coefficient (Wildman–Crippen LogP) is 4.59. The van der Waals surface area contributed by atoms with Crippen LogP contribution in [0.3, 0.4) is 0 Å². The highest BCUT2D eigenvalue weighted by molar-refractivity contribution is 7.99. The van der Waals surface area contributed by atoms with Crippen LogP contribution in [0.1, 0.15) is 47.2 Å². The number of anilines is 1. The molecule has 1 aliphatic carbocycles. The Kier molecular flexibility index (Phi) is 7.36. The van der Waals surface area contributed by atoms with Crippen LogP contribution < -0.4 is 10.1 Å². The number of nitriles is 1. The van der Waals surface area contributed by atoms with Crippen LogP contribution in [-0.4, -0.2) is 33.5 Å². The van der Waals surface area contributed by atoms with E-state index in [1.54, 1.807) is 18.4 Å². The molecule has 9 heteroatoms. The molecule has 1 atom stereocenters. The number of amides is 1. The number of methoxy groups -OCH3 is 1. The number of benzene rings is 1. The molecule has 0 radical (unpaired) electrons. The summed E-state index contributed by atoms with van der Waals surface area (Å²) in [6.45, 7) is 2.21. The van der Waals surface area contributed by atoms with Crippen molar-refractivity contribution in [2.45, 2.75) is 44.2 Å². The number of hydrogen-bond donors (Lipinski definition) is 1. The second kappa shape index (κ2) is 10.4. The molecule has 1 unspecified atom stereocenters. The molecule has 172 valence electrons. The fraction of sp³-hybridized carbons (Fsp3) is 0.417. The van der Waals surface area contributed by atoms with Crippen LogP contribution in [0, 0.1) is 17.2 Å². The van der Waals surface area contributed by atoms with Gasteiger partial charge in [0, 0.05) is 18.3 Å². The van der Waals surface area contributed by atoms with E-state index in [-0.39, 0.29) is 11.7 Å². The monoisotopic (exact) mass is 481 g/mol. The summed E-state index contributed by atoms with van der Waals surface area (Å²) in [6.07, 6.45) is 4.84. The van der Waals surface area contributed by atoms with Crippen molar-refractivity contribution in [3.8, 4) is 11.8 Å². The Morgan fingerprint density at radius 2 is 2.15 bits per heavy atom. The number of rotatable bonds is 8. The molecule has 33 heavy (non-hydrogen) atoms. The number of carbonyl (C=O) groups excluding carboxylic acids is 1. The van der Waals surface area contributed by atoms with Crippen LogP contribution in [-0.2, 0) is 31.1 Å². The zero-order valence-corrected chi connectivity index (χ0v) is 20.7. The SMILES string of the molecule is CCC1CCc2c(sc(NC(=O)CSc3nnc(Cc4ccc(OC)cc4)n3C)c2C#N)C1. The Morgan fingerprint density at radius 3 is 2.85 bits per heavy atom. The number of thioether (sulfide) groups is 1. The molecular formula is C24H27N5O2S2. The second-order valence-corrected chi connectivity index (χ2v) is 10.2. The van der Waals surface area contributed by atoms with E-state index in [4.69, 9.17) is 4.74 Å². The van der Waals surface area contributed by atoms with Gasteiger partial charge in [0.05, 0.1) is 18.4 Å². The minimum atomic E-state index is -0.137. The van der Waals surface area contributed by atoms with Crippen molar-refractivity contribution < 1.29 is 9.53 Å². The fourth-order valence-electron chi connectivity index (χ4n) is 4.05. The zero-order valence-electron chi connectivity index (χ0n) is 19.1. The minimum absolute atomic E-state index is 0.137. The first-order chi connectivity index (χ1) is 16.0. The lowest BCUT2D eigenvalue weighted by Gasteiger charge is -2.20. The molecule has 2 heterocycles. The van der Waals surface area contributed by atoms with Crippen molar-refractivity contribution in [2.75, 3.05) is 18.2 Å². The summed E-state index contributed by atoms with van der Waals surface area (Å²) in [5.74, 6) is 2.38. The van der Waals surface area contributed by atoms with Gasteiger partial charge in [0.25, 0.3) is 0 Å². The lowest BCUT2D eigenvalue weighted by molar-refractivity contribution is -0.113. The normalized spacial score (nSPS) is 15.0. The maximum atomic E-state index is 12.7. The Balaban J connectivity index is 1.37. The average molecular weight is 482 g/mol. The first-order valence-corrected chi connectivity index (χ1v) is 12.8. The summed E-state index contributed by atoms with van der Waals surface area (Å²) in [7, 11) is 3.55. The summed E-state index contributed by atoms with van der Waals surface area (Å²) >= 11 is 2.90. The smallest absolute Gasteiger partial charge is 0.235 e. The van der Waals surface area contributed by atoms with Crippen molar-refractivity contribution in [1.29, 1.82) is 5.26 Å². The largest absolute Gasteiger partial charge is 0.497 e. The number of hydrogen-bond acceptors (Lipinski definition) is 7. The van der Waals surface area contributed by atoms with E-state index in [9.17, 15) is 10.1 Å². The maximum Gasteiger partial charge on any atom is 0.235 e. The van der Waals surface area contributed by atoms with Gasteiger partial charge in [-0.15, -0.1) is 21.5 Å². The highest BCUT2D eigenvalue weighted by Crippen LogP contribution is 2.40. The van der Waals surface area contributed by atoms with Crippen molar-refractivity contribution in [2.24, 2.45) is 13.0 Å². The maximum absolute atomic E-state index is 12.7. The minimum Gasteiger partial charge on any atom is -0.497 e. The number of aromatic nitrogens is 3. The summed E-state index contributed by atoms with van der Waals surface area (Å²) < 4.78 is 7.11. The molecule has 1 N–H and O–H groups in total. The summed E-state index contributed by atoms with van der Waals surface area (Å²) in [4.78, 5) is 13.9. The molecule has 7 nitrogen and oxygen atoms in total. The van der Waals surface area contributed by atoms with Crippen LogP contribution in [0.25, 0.3) is 0 Å². The molecule has 0 saturated heterocycles. The number of ether oxygens (including phenoxy) is 1. The van der Waals surface area contributed by atoms with E-state index in [0.29, 0.717) is 28.1 Å². The molecule has 0 bridgehead atoms. The van der Waals surface area contributed by atoms with E-state index < -0.39 is 0 Å². The van der Waals surface area contributed by atoms with Crippen molar-refractivity contribution in [1.82, 2.24) is 14.8 Å². The van der Waals surface area contributed by atoms with Gasteiger partial charge in [-0.3, -0.25) is 4.79 Å². The average Bonchev–Trinajstić information content (AvgIpc) is 3.36. The zero-order chi connectivity index (χ0) is 23.4. The molecular weight excluding hydrogens is 454 g/mol. The topological polar surface area (TPSA) is 92.8 Å². The van der Waals surface area contributed by atoms with Crippen molar-refractivity contribution in [3.05, 3.63) is 51.7 Å². The van der Waals surface area contributed by atoms with Crippen molar-refractivity contribution >= 4 is 34.0 Å². The Labute approximate surface area is 202 Å². The van der Waals surface area contributed by atoms with Gasteiger partial charge in [-0.25, -0.2) is 0 Å². The number of carbonyl (C=O) groups is 1. The molecule has 4 rings (SSSR count). The first kappa shape index (κ1) is 23.3. The Morgan fingerprint density at radius 1 is 1.36 bits per heavy atom. The molecule has 0 spiro atoms. The summed E-state index contributed by atoms with van der Waals surface area (Å²) in [5.41, 5.74) is 2.88. The van der Waals surface area contributed by atoms with Crippen LogP contribution in [0.2, 0.25) is 0 Å². The van der Waals surface area contributed by atoms with Crippen LogP contribution >= 0.6 is 23.1 Å². The van der Waals surface area contributed by atoms with E-state index in [1.165, 1.54) is 16.6 Å². The molecule has 2 aromatic heterocycles. The molecule has 1 aromatic carbocycles. The highest BCUT2D eigenvalue weighted by Gasteiger charge is 2.25. The highest BCUT2D eigenvalue weighted by atomic mass is 32.2. The molecule has 1 amide bonds. The third-order valence-corrected chi connectivity index (χ3v) is 8.28. The number of nitrogens with one attached hydrogen (secondary N) is 1. The predicted molar refractivity (Wildman–Crippen MR) is 131 cm³/mol. The lowest BCUT2D eigenvalue weighted by Crippen LogP contribution is -2.14. The fourth-order valence-corrected chi connectivity index (χ4v) is 6.11. The van der Waals surface area contributed by atoms with Gasteiger partial charge in [0.2, 0.25) is 5.91 Å². The van der Waals surface area contributed by atoms with Gasteiger partial charge in [-0.2, -0.15) is 5.26 Å². The Hall–Kier alpha value is -2.83. The van der Waals surface area contributed by atoms with Gasteiger partial charge in [0.15, 0.2) is 5.16 Å². The van der Waals surface area contributed by atoms with Gasteiger partial charge >= 0.3 is 0 Å². The van der Waals surface area contributed by atoms with Gasteiger partial charge < -0.3 is 14.6 Å². The van der Waals surface area contributed by atoms with Crippen molar-refractivity contribution in [3.63, 3.8) is 0 Å². The lowest BCUT2D eigenvalue weighted by atomic mass is 9.86. The molecule has 0 aliphatic heterocycles. The number of thiophene rings is 1. The standard InChI is InChI=1S/C24H27N5O2S2/c1-4-15-7-10-18-19(13-25)23(33-20(18)11-15)26-22(30)14-32-24-28-27-21(29(24)2)12-16-5-8-17(31-3)9-6-16/h5-6,8-9,15H,4,7,10-12,14H2,1-3H3,(H,26,30). The van der Waals surface area contributed by atoms with Crippen LogP contribution in [0.4, 0.5) is 5.00 Å². The van der Waals surface area contributed by atoms with Crippen LogP contribution in [0.5, 0.6) is 5.75 Å². The van der Waals surface area contributed by atoms with E-state index in [2.05, 4.69) is 28.5 Å². The van der Waals surface area contributed by atoms with Gasteiger partial charge in [-0.05, 0) is 48.4 Å². The molecule has 1 aliphatic rings. The summed E-state index contributed by atoms with van der Waals surface area (Å²) in [5, 5.41) is 22.5. The molecule has 0 saturated carbocycles. The quantitative estimate of drug-likeness (QED) is 0.473. The Bertz CT molecular complexity index is 1180. The molecule has 0 fully saturated rings. The van der Waals surface area contributed by atoms with Gasteiger partial charge in [0.1, 0.15) is 22.6 Å². The number of nitrogens with zero attached hydrogens (tertiary/aromatic N) is 4. The first-order valence-electron chi connectivity index (χ1n) is 11.0. The van der Waals surface area contributed by atoms with Crippen LogP contribution in [0.15, 0.2) is 29.4 Å². The van der Waals surface area contributed by atoms with E-state index in [1.807, 2.05) is 35.9 Å². The third kappa shape index (κ3) is 5.23. The van der Waals surface area contributed by atoms with E-state index >= 15 is 0 Å². The van der Waals surface area contributed by atoms with E-state index in [0.717, 1.165) is 48.4 Å². The number of fused-ring (bicyclic) bond motifs is 1. The third-order valence-electron chi connectivity index (χ3n) is 6.09. The second-order valence-electron chi connectivity index (χ2n) is 8.16. The molecule has 3 aromatic rings.